The fourth-order valence-electron chi connectivity index (χ4n) is 4.30. The number of aromatic nitrogens is 3. The first-order valence-electron chi connectivity index (χ1n) is 10.1. The molecule has 3 aromatic rings. The SMILES string of the molecule is Cc1ccc(C(=O)N2CCCC(c3nc4ccc(N5CCCC5)cn4n3)C2)o1. The number of rotatable bonds is 3. The minimum atomic E-state index is -0.0436. The zero-order chi connectivity index (χ0) is 19.1. The Labute approximate surface area is 163 Å². The van der Waals surface area contributed by atoms with Gasteiger partial charge in [0.15, 0.2) is 17.2 Å². The quantitative estimate of drug-likeness (QED) is 0.699. The molecule has 5 rings (SSSR count). The number of amides is 1. The number of pyridine rings is 1. The molecule has 0 spiro atoms. The lowest BCUT2D eigenvalue weighted by molar-refractivity contribution is 0.0671. The van der Waals surface area contributed by atoms with Gasteiger partial charge in [-0.25, -0.2) is 9.50 Å². The van der Waals surface area contributed by atoms with Gasteiger partial charge in [0.1, 0.15) is 5.76 Å². The van der Waals surface area contributed by atoms with Crippen LogP contribution >= 0.6 is 0 Å². The van der Waals surface area contributed by atoms with Crippen LogP contribution in [0.25, 0.3) is 5.65 Å². The maximum atomic E-state index is 12.7. The molecule has 0 radical (unpaired) electrons. The molecule has 2 aliphatic heterocycles. The number of nitrogens with zero attached hydrogens (tertiary/aromatic N) is 5. The molecule has 0 bridgehead atoms. The molecule has 3 aromatic heterocycles. The van der Waals surface area contributed by atoms with Gasteiger partial charge in [0.25, 0.3) is 5.91 Å². The van der Waals surface area contributed by atoms with Crippen molar-refractivity contribution < 1.29 is 9.21 Å². The molecule has 2 saturated heterocycles. The third-order valence-corrected chi connectivity index (χ3v) is 5.83. The van der Waals surface area contributed by atoms with Crippen molar-refractivity contribution in [3.8, 4) is 0 Å². The van der Waals surface area contributed by atoms with Crippen molar-refractivity contribution in [1.29, 1.82) is 0 Å². The normalized spacial score (nSPS) is 20.2. The van der Waals surface area contributed by atoms with Gasteiger partial charge in [-0.05, 0) is 56.9 Å². The molecule has 7 nitrogen and oxygen atoms in total. The van der Waals surface area contributed by atoms with Gasteiger partial charge in [-0.3, -0.25) is 4.79 Å². The smallest absolute Gasteiger partial charge is 0.289 e. The Kier molecular flexibility index (Phi) is 4.30. The number of hydrogen-bond donors (Lipinski definition) is 0. The van der Waals surface area contributed by atoms with E-state index in [-0.39, 0.29) is 11.8 Å². The lowest BCUT2D eigenvalue weighted by Gasteiger charge is -2.30. The van der Waals surface area contributed by atoms with Crippen LogP contribution in [0.15, 0.2) is 34.9 Å². The van der Waals surface area contributed by atoms with E-state index in [0.29, 0.717) is 12.3 Å². The lowest BCUT2D eigenvalue weighted by Crippen LogP contribution is -2.39. The van der Waals surface area contributed by atoms with Crippen LogP contribution in [0.5, 0.6) is 0 Å². The standard InChI is InChI=1S/C21H25N5O2/c1-15-6-8-18(28-15)21(27)25-12-4-5-16(13-25)20-22-19-9-7-17(14-26(19)23-20)24-10-2-3-11-24/h6-9,14,16H,2-5,10-13H2,1H3. The minimum absolute atomic E-state index is 0.0436. The van der Waals surface area contributed by atoms with E-state index in [2.05, 4.69) is 17.2 Å². The summed E-state index contributed by atoms with van der Waals surface area (Å²) >= 11 is 0. The highest BCUT2D eigenvalue weighted by Gasteiger charge is 2.29. The van der Waals surface area contributed by atoms with Gasteiger partial charge < -0.3 is 14.2 Å². The van der Waals surface area contributed by atoms with Crippen molar-refractivity contribution in [1.82, 2.24) is 19.5 Å². The van der Waals surface area contributed by atoms with E-state index in [1.165, 1.54) is 18.5 Å². The Morgan fingerprint density at radius 1 is 1.11 bits per heavy atom. The molecule has 1 atom stereocenters. The molecule has 146 valence electrons. The molecule has 5 heterocycles. The Bertz CT molecular complexity index is 1000. The summed E-state index contributed by atoms with van der Waals surface area (Å²) in [4.78, 5) is 21.7. The molecule has 2 aliphatic rings. The molecule has 1 amide bonds. The number of hydrogen-bond acceptors (Lipinski definition) is 5. The van der Waals surface area contributed by atoms with E-state index in [9.17, 15) is 4.79 Å². The van der Waals surface area contributed by atoms with Gasteiger partial charge >= 0.3 is 0 Å². The molecule has 7 heteroatoms. The van der Waals surface area contributed by atoms with Gasteiger partial charge in [-0.15, -0.1) is 0 Å². The zero-order valence-electron chi connectivity index (χ0n) is 16.2. The number of piperidine rings is 1. The van der Waals surface area contributed by atoms with Gasteiger partial charge in [-0.1, -0.05) is 0 Å². The summed E-state index contributed by atoms with van der Waals surface area (Å²) in [6, 6.07) is 7.76. The van der Waals surface area contributed by atoms with Crippen LogP contribution in [0.1, 0.15) is 53.7 Å². The molecular formula is C21H25N5O2. The molecular weight excluding hydrogens is 354 g/mol. The number of carbonyl (C=O) groups excluding carboxylic acids is 1. The molecule has 0 saturated carbocycles. The topological polar surface area (TPSA) is 66.9 Å². The molecule has 0 N–H and O–H groups in total. The summed E-state index contributed by atoms with van der Waals surface area (Å²) in [5.74, 6) is 2.11. The summed E-state index contributed by atoms with van der Waals surface area (Å²) in [6.45, 7) is 5.46. The first-order chi connectivity index (χ1) is 13.7. The van der Waals surface area contributed by atoms with Crippen LogP contribution in [0.2, 0.25) is 0 Å². The Hall–Kier alpha value is -2.83. The van der Waals surface area contributed by atoms with Crippen molar-refractivity contribution >= 4 is 17.2 Å². The third-order valence-electron chi connectivity index (χ3n) is 5.83. The highest BCUT2D eigenvalue weighted by atomic mass is 16.3. The Morgan fingerprint density at radius 3 is 2.75 bits per heavy atom. The van der Waals surface area contributed by atoms with Crippen LogP contribution < -0.4 is 4.90 Å². The number of aryl methyl sites for hydroxylation is 1. The Balaban J connectivity index is 1.36. The number of carbonyl (C=O) groups is 1. The maximum Gasteiger partial charge on any atom is 0.289 e. The first-order valence-corrected chi connectivity index (χ1v) is 10.1. The highest BCUT2D eigenvalue weighted by molar-refractivity contribution is 5.91. The van der Waals surface area contributed by atoms with Gasteiger partial charge in [0.05, 0.1) is 11.9 Å². The number of anilines is 1. The zero-order valence-corrected chi connectivity index (χ0v) is 16.2. The maximum absolute atomic E-state index is 12.7. The van der Waals surface area contributed by atoms with Crippen LogP contribution in [-0.4, -0.2) is 51.6 Å². The van der Waals surface area contributed by atoms with Crippen molar-refractivity contribution in [3.05, 3.63) is 47.8 Å². The predicted molar refractivity (Wildman–Crippen MR) is 106 cm³/mol. The van der Waals surface area contributed by atoms with Crippen molar-refractivity contribution in [3.63, 3.8) is 0 Å². The van der Waals surface area contributed by atoms with Gasteiger partial charge in [0, 0.05) is 32.1 Å². The summed E-state index contributed by atoms with van der Waals surface area (Å²) in [5.41, 5.74) is 2.07. The molecule has 28 heavy (non-hydrogen) atoms. The van der Waals surface area contributed by atoms with Crippen molar-refractivity contribution in [2.24, 2.45) is 0 Å². The predicted octanol–water partition coefficient (Wildman–Crippen LogP) is 3.25. The van der Waals surface area contributed by atoms with Crippen LogP contribution in [0, 0.1) is 6.92 Å². The lowest BCUT2D eigenvalue weighted by atomic mass is 9.97. The van der Waals surface area contributed by atoms with E-state index < -0.39 is 0 Å². The third kappa shape index (κ3) is 3.15. The largest absolute Gasteiger partial charge is 0.456 e. The van der Waals surface area contributed by atoms with Crippen molar-refractivity contribution in [2.75, 3.05) is 31.1 Å². The molecule has 0 aliphatic carbocycles. The monoisotopic (exact) mass is 379 g/mol. The summed E-state index contributed by atoms with van der Waals surface area (Å²) in [7, 11) is 0. The second-order valence-corrected chi connectivity index (χ2v) is 7.85. The van der Waals surface area contributed by atoms with Crippen LogP contribution in [0.3, 0.4) is 0 Å². The highest BCUT2D eigenvalue weighted by Crippen LogP contribution is 2.27. The molecule has 1 unspecified atom stereocenters. The van der Waals surface area contributed by atoms with E-state index >= 15 is 0 Å². The second-order valence-electron chi connectivity index (χ2n) is 7.85. The van der Waals surface area contributed by atoms with Gasteiger partial charge in [-0.2, -0.15) is 5.10 Å². The average Bonchev–Trinajstić information content (AvgIpc) is 3.47. The summed E-state index contributed by atoms with van der Waals surface area (Å²) in [6.07, 6.45) is 6.53. The van der Waals surface area contributed by atoms with E-state index in [1.54, 1.807) is 6.07 Å². The number of furan rings is 1. The van der Waals surface area contributed by atoms with Gasteiger partial charge in [0.2, 0.25) is 0 Å². The average molecular weight is 379 g/mol. The summed E-state index contributed by atoms with van der Waals surface area (Å²) in [5, 5.41) is 4.76. The fourth-order valence-corrected chi connectivity index (χ4v) is 4.30. The minimum Gasteiger partial charge on any atom is -0.456 e. The number of likely N-dealkylation sites (tertiary alicyclic amines) is 1. The van der Waals surface area contributed by atoms with E-state index in [1.807, 2.05) is 28.5 Å². The van der Waals surface area contributed by atoms with E-state index in [4.69, 9.17) is 14.5 Å². The van der Waals surface area contributed by atoms with Crippen LogP contribution in [-0.2, 0) is 0 Å². The molecule has 0 aromatic carbocycles. The second kappa shape index (κ2) is 6.96. The van der Waals surface area contributed by atoms with Crippen LogP contribution in [0.4, 0.5) is 5.69 Å². The van der Waals surface area contributed by atoms with E-state index in [0.717, 1.165) is 49.7 Å². The molecule has 2 fully saturated rings. The fraction of sp³-hybridized carbons (Fsp3) is 0.476. The number of fused-ring (bicyclic) bond motifs is 1. The summed E-state index contributed by atoms with van der Waals surface area (Å²) < 4.78 is 7.41. The first kappa shape index (κ1) is 17.3. The Morgan fingerprint density at radius 2 is 1.96 bits per heavy atom. The van der Waals surface area contributed by atoms with Crippen molar-refractivity contribution in [2.45, 2.75) is 38.5 Å².